The summed E-state index contributed by atoms with van der Waals surface area (Å²) in [6.07, 6.45) is 0. The predicted molar refractivity (Wildman–Crippen MR) is 148 cm³/mol. The number of amides is 2. The lowest BCUT2D eigenvalue weighted by molar-refractivity contribution is 0.0742. The van der Waals surface area contributed by atoms with Gasteiger partial charge in [-0.2, -0.15) is 0 Å². The third kappa shape index (κ3) is 6.30. The van der Waals surface area contributed by atoms with Gasteiger partial charge in [0.2, 0.25) is 0 Å². The highest BCUT2D eigenvalue weighted by molar-refractivity contribution is 7.80. The van der Waals surface area contributed by atoms with Crippen molar-refractivity contribution < 1.29 is 18.7 Å². The van der Waals surface area contributed by atoms with Crippen LogP contribution >= 0.6 is 35.4 Å². The van der Waals surface area contributed by atoms with Crippen LogP contribution in [0.25, 0.3) is 0 Å². The van der Waals surface area contributed by atoms with E-state index in [0.29, 0.717) is 53.2 Å². The molecule has 0 unspecified atom stereocenters. The van der Waals surface area contributed by atoms with E-state index >= 15 is 0 Å². The molecule has 0 saturated carbocycles. The molecule has 37 heavy (non-hydrogen) atoms. The Morgan fingerprint density at radius 2 is 1.73 bits per heavy atom. The lowest BCUT2D eigenvalue weighted by atomic mass is 10.1. The fourth-order valence-electron chi connectivity index (χ4n) is 3.98. The van der Waals surface area contributed by atoms with Crippen LogP contribution in [-0.2, 0) is 0 Å². The second-order valence-corrected chi connectivity index (χ2v) is 9.43. The number of hydrogen-bond donors (Lipinski definition) is 2. The number of carbonyl (C=O) groups excluding carboxylic acids is 2. The molecule has 11 heteroatoms. The Bertz CT molecular complexity index is 1350. The number of hydrogen-bond acceptors (Lipinski definition) is 5. The fourth-order valence-corrected chi connectivity index (χ4v) is 4.61. The van der Waals surface area contributed by atoms with Gasteiger partial charge in [0.05, 0.1) is 29.1 Å². The number of benzene rings is 3. The van der Waals surface area contributed by atoms with Gasteiger partial charge >= 0.3 is 0 Å². The first-order valence-corrected chi connectivity index (χ1v) is 12.5. The van der Waals surface area contributed by atoms with Crippen molar-refractivity contribution >= 4 is 63.7 Å². The standard InChI is InChI=1S/C26H23Cl2FN4O3S/c1-36-23-9-6-16(14-19(23)28)24(34)31-26(37)30-21-15-17(27)7-8-22(21)32-10-12-33(13-11-32)25(35)18-4-2-3-5-20(18)29/h2-9,14-15H,10-13H2,1H3,(H2,30,31,34,37). The zero-order valence-electron chi connectivity index (χ0n) is 19.8. The molecule has 0 spiro atoms. The molecule has 1 heterocycles. The van der Waals surface area contributed by atoms with Crippen molar-refractivity contribution in [2.45, 2.75) is 0 Å². The fraction of sp³-hybridized carbons (Fsp3) is 0.192. The molecule has 0 bridgehead atoms. The number of anilines is 2. The van der Waals surface area contributed by atoms with E-state index in [9.17, 15) is 14.0 Å². The second kappa shape index (κ2) is 11.8. The maximum atomic E-state index is 14.1. The summed E-state index contributed by atoms with van der Waals surface area (Å²) in [6, 6.07) is 15.9. The number of nitrogens with zero attached hydrogens (tertiary/aromatic N) is 2. The van der Waals surface area contributed by atoms with Gasteiger partial charge < -0.3 is 19.9 Å². The Morgan fingerprint density at radius 3 is 2.41 bits per heavy atom. The molecule has 7 nitrogen and oxygen atoms in total. The van der Waals surface area contributed by atoms with Crippen molar-refractivity contribution in [3.05, 3.63) is 87.7 Å². The van der Waals surface area contributed by atoms with Crippen LogP contribution < -0.4 is 20.3 Å². The van der Waals surface area contributed by atoms with E-state index in [4.69, 9.17) is 40.2 Å². The summed E-state index contributed by atoms with van der Waals surface area (Å²) < 4.78 is 19.2. The van der Waals surface area contributed by atoms with Gasteiger partial charge in [0.1, 0.15) is 11.6 Å². The molecule has 0 aliphatic carbocycles. The number of nitrogens with one attached hydrogen (secondary N) is 2. The Balaban J connectivity index is 1.42. The molecule has 0 radical (unpaired) electrons. The summed E-state index contributed by atoms with van der Waals surface area (Å²) in [7, 11) is 1.49. The largest absolute Gasteiger partial charge is 0.495 e. The van der Waals surface area contributed by atoms with Crippen molar-refractivity contribution in [1.82, 2.24) is 10.2 Å². The molecular weight excluding hydrogens is 538 g/mol. The van der Waals surface area contributed by atoms with Gasteiger partial charge in [0.25, 0.3) is 11.8 Å². The number of rotatable bonds is 5. The Morgan fingerprint density at radius 1 is 1.00 bits per heavy atom. The molecule has 3 aromatic carbocycles. The number of methoxy groups -OCH3 is 1. The van der Waals surface area contributed by atoms with Crippen molar-refractivity contribution in [2.75, 3.05) is 43.5 Å². The normalized spacial score (nSPS) is 13.2. The molecule has 4 rings (SSSR count). The van der Waals surface area contributed by atoms with E-state index in [0.717, 1.165) is 5.69 Å². The summed E-state index contributed by atoms with van der Waals surface area (Å²) in [5.74, 6) is -0.856. The van der Waals surface area contributed by atoms with E-state index < -0.39 is 11.7 Å². The second-order valence-electron chi connectivity index (χ2n) is 8.18. The molecule has 1 saturated heterocycles. The highest BCUT2D eigenvalue weighted by atomic mass is 35.5. The van der Waals surface area contributed by atoms with Crippen LogP contribution in [0.3, 0.4) is 0 Å². The van der Waals surface area contributed by atoms with Crippen molar-refractivity contribution in [2.24, 2.45) is 0 Å². The summed E-state index contributed by atoms with van der Waals surface area (Å²) in [5.41, 5.74) is 1.77. The van der Waals surface area contributed by atoms with Crippen LogP contribution in [0.4, 0.5) is 15.8 Å². The minimum Gasteiger partial charge on any atom is -0.495 e. The molecule has 2 N–H and O–H groups in total. The zero-order chi connectivity index (χ0) is 26.5. The summed E-state index contributed by atoms with van der Waals surface area (Å²) in [6.45, 7) is 1.85. The number of thiocarbonyl (C=S) groups is 1. The Kier molecular flexibility index (Phi) is 8.48. The molecule has 1 aliphatic heterocycles. The lowest BCUT2D eigenvalue weighted by Crippen LogP contribution is -2.49. The Hall–Kier alpha value is -3.40. The molecule has 3 aromatic rings. The van der Waals surface area contributed by atoms with E-state index in [1.807, 2.05) is 6.07 Å². The minimum atomic E-state index is -0.536. The number of ether oxygens (including phenoxy) is 1. The number of piperazine rings is 1. The molecule has 192 valence electrons. The summed E-state index contributed by atoms with van der Waals surface area (Å²) in [4.78, 5) is 29.1. The van der Waals surface area contributed by atoms with Gasteiger partial charge in [0.15, 0.2) is 5.11 Å². The zero-order valence-corrected chi connectivity index (χ0v) is 22.1. The molecule has 1 fully saturated rings. The number of halogens is 3. The highest BCUT2D eigenvalue weighted by Gasteiger charge is 2.25. The van der Waals surface area contributed by atoms with E-state index in [2.05, 4.69) is 15.5 Å². The maximum Gasteiger partial charge on any atom is 0.257 e. The van der Waals surface area contributed by atoms with Crippen LogP contribution in [0.5, 0.6) is 5.75 Å². The summed E-state index contributed by atoms with van der Waals surface area (Å²) >= 11 is 17.7. The van der Waals surface area contributed by atoms with Crippen LogP contribution in [0.2, 0.25) is 10.0 Å². The number of carbonyl (C=O) groups is 2. The van der Waals surface area contributed by atoms with Gasteiger partial charge in [-0.05, 0) is 60.7 Å². The third-order valence-corrected chi connectivity index (χ3v) is 6.59. The molecule has 0 atom stereocenters. The smallest absolute Gasteiger partial charge is 0.257 e. The molecular formula is C26H23Cl2FN4O3S. The van der Waals surface area contributed by atoms with Crippen LogP contribution in [-0.4, -0.2) is 55.1 Å². The van der Waals surface area contributed by atoms with Crippen molar-refractivity contribution in [1.29, 1.82) is 0 Å². The van der Waals surface area contributed by atoms with E-state index in [-0.39, 0.29) is 16.6 Å². The molecule has 1 aliphatic rings. The first kappa shape index (κ1) is 26.7. The van der Waals surface area contributed by atoms with Gasteiger partial charge in [0, 0.05) is 36.8 Å². The first-order chi connectivity index (χ1) is 17.8. The molecule has 2 amide bonds. The SMILES string of the molecule is COc1ccc(C(=O)NC(=S)Nc2cc(Cl)ccc2N2CCN(C(=O)c3ccccc3F)CC2)cc1Cl. The van der Waals surface area contributed by atoms with Crippen LogP contribution in [0, 0.1) is 5.82 Å². The van der Waals surface area contributed by atoms with Gasteiger partial charge in [-0.1, -0.05) is 35.3 Å². The molecule has 0 aromatic heterocycles. The monoisotopic (exact) mass is 560 g/mol. The van der Waals surface area contributed by atoms with E-state index in [1.165, 1.54) is 25.3 Å². The topological polar surface area (TPSA) is 73.9 Å². The first-order valence-electron chi connectivity index (χ1n) is 11.3. The quantitative estimate of drug-likeness (QED) is 0.416. The van der Waals surface area contributed by atoms with Gasteiger partial charge in [-0.3, -0.25) is 14.9 Å². The van der Waals surface area contributed by atoms with Crippen LogP contribution in [0.15, 0.2) is 60.7 Å². The third-order valence-electron chi connectivity index (χ3n) is 5.86. The maximum absolute atomic E-state index is 14.1. The van der Waals surface area contributed by atoms with Gasteiger partial charge in [-0.25, -0.2) is 4.39 Å². The summed E-state index contributed by atoms with van der Waals surface area (Å²) in [5, 5.41) is 6.54. The lowest BCUT2D eigenvalue weighted by Gasteiger charge is -2.37. The predicted octanol–water partition coefficient (Wildman–Crippen LogP) is 5.23. The van der Waals surface area contributed by atoms with Crippen LogP contribution in [0.1, 0.15) is 20.7 Å². The average molecular weight is 561 g/mol. The highest BCUT2D eigenvalue weighted by Crippen LogP contribution is 2.30. The van der Waals surface area contributed by atoms with Crippen molar-refractivity contribution in [3.8, 4) is 5.75 Å². The van der Waals surface area contributed by atoms with Gasteiger partial charge in [-0.15, -0.1) is 0 Å². The van der Waals surface area contributed by atoms with Crippen molar-refractivity contribution in [3.63, 3.8) is 0 Å². The van der Waals surface area contributed by atoms with E-state index in [1.54, 1.807) is 41.3 Å². The average Bonchev–Trinajstić information content (AvgIpc) is 2.88. The minimum absolute atomic E-state index is 0.0593. The Labute approximate surface area is 229 Å².